The first kappa shape index (κ1) is 11.4. The molecule has 0 radical (unpaired) electrons. The number of benzene rings is 1. The molecule has 0 aliphatic rings. The normalized spacial score (nSPS) is 12.8. The maximum atomic E-state index is 6.20. The van der Waals surface area contributed by atoms with Crippen molar-refractivity contribution in [1.82, 2.24) is 9.78 Å². The zero-order valence-electron chi connectivity index (χ0n) is 9.31. The number of halogens is 1. The molecule has 0 spiro atoms. The van der Waals surface area contributed by atoms with Gasteiger partial charge in [0.1, 0.15) is 0 Å². The fourth-order valence-corrected chi connectivity index (χ4v) is 1.97. The number of hydrogen-bond acceptors (Lipinski definition) is 2. The number of hydrogen-bond donors (Lipinski definition) is 1. The molecule has 4 heteroatoms. The van der Waals surface area contributed by atoms with Crippen LogP contribution < -0.4 is 5.73 Å². The van der Waals surface area contributed by atoms with E-state index in [0.29, 0.717) is 0 Å². The zero-order valence-corrected chi connectivity index (χ0v) is 10.9. The number of rotatable bonds is 2. The van der Waals surface area contributed by atoms with Crippen molar-refractivity contribution >= 4 is 15.9 Å². The minimum Gasteiger partial charge on any atom is -0.319 e. The van der Waals surface area contributed by atoms with Gasteiger partial charge in [0.2, 0.25) is 0 Å². The van der Waals surface area contributed by atoms with Crippen molar-refractivity contribution in [1.29, 1.82) is 0 Å². The first-order chi connectivity index (χ1) is 7.59. The quantitative estimate of drug-likeness (QED) is 0.918. The number of nitrogens with zero attached hydrogens (tertiary/aromatic N) is 2. The van der Waals surface area contributed by atoms with E-state index in [2.05, 4.69) is 34.0 Å². The summed E-state index contributed by atoms with van der Waals surface area (Å²) in [6.45, 7) is 2.06. The van der Waals surface area contributed by atoms with Gasteiger partial charge in [0, 0.05) is 17.7 Å². The van der Waals surface area contributed by atoms with E-state index in [1.54, 1.807) is 6.20 Å². The lowest BCUT2D eigenvalue weighted by molar-refractivity contribution is 0.673. The molecule has 0 aliphatic carbocycles. The first-order valence-electron chi connectivity index (χ1n) is 5.09. The van der Waals surface area contributed by atoms with Crippen LogP contribution in [0.3, 0.4) is 0 Å². The fourth-order valence-electron chi connectivity index (χ4n) is 1.72. The van der Waals surface area contributed by atoms with Crippen LogP contribution >= 0.6 is 15.9 Å². The van der Waals surface area contributed by atoms with Crippen LogP contribution in [0.15, 0.2) is 34.9 Å². The van der Waals surface area contributed by atoms with Crippen LogP contribution in [0.5, 0.6) is 0 Å². The molecule has 1 aromatic heterocycles. The largest absolute Gasteiger partial charge is 0.319 e. The number of aromatic nitrogens is 2. The van der Waals surface area contributed by atoms with Crippen molar-refractivity contribution in [2.75, 3.05) is 0 Å². The summed E-state index contributed by atoms with van der Waals surface area (Å²) in [6.07, 6.45) is 1.76. The highest BCUT2D eigenvalue weighted by molar-refractivity contribution is 9.10. The maximum Gasteiger partial charge on any atom is 0.0723 e. The second-order valence-electron chi connectivity index (χ2n) is 3.87. The third-order valence-corrected chi connectivity index (χ3v) is 3.61. The van der Waals surface area contributed by atoms with Gasteiger partial charge in [-0.1, -0.05) is 28.1 Å². The second kappa shape index (κ2) is 4.39. The molecule has 3 nitrogen and oxygen atoms in total. The van der Waals surface area contributed by atoms with Crippen LogP contribution in [0.1, 0.15) is 22.9 Å². The average molecular weight is 280 g/mol. The van der Waals surface area contributed by atoms with Gasteiger partial charge in [-0.3, -0.25) is 4.68 Å². The molecular formula is C12H14BrN3. The summed E-state index contributed by atoms with van der Waals surface area (Å²) in [5, 5.41) is 4.13. The summed E-state index contributed by atoms with van der Waals surface area (Å²) >= 11 is 3.48. The Morgan fingerprint density at radius 2 is 2.12 bits per heavy atom. The van der Waals surface area contributed by atoms with Crippen molar-refractivity contribution < 1.29 is 0 Å². The van der Waals surface area contributed by atoms with Crippen LogP contribution in [-0.2, 0) is 7.05 Å². The summed E-state index contributed by atoms with van der Waals surface area (Å²) in [4.78, 5) is 0. The van der Waals surface area contributed by atoms with Gasteiger partial charge in [0.25, 0.3) is 0 Å². The summed E-state index contributed by atoms with van der Waals surface area (Å²) < 4.78 is 2.91. The lowest BCUT2D eigenvalue weighted by Gasteiger charge is -2.13. The van der Waals surface area contributed by atoms with Gasteiger partial charge in [-0.05, 0) is 30.2 Å². The van der Waals surface area contributed by atoms with Crippen molar-refractivity contribution in [2.24, 2.45) is 12.8 Å². The van der Waals surface area contributed by atoms with E-state index in [1.807, 2.05) is 29.9 Å². The maximum absolute atomic E-state index is 6.20. The third kappa shape index (κ3) is 2.03. The average Bonchev–Trinajstić information content (AvgIpc) is 2.67. The summed E-state index contributed by atoms with van der Waals surface area (Å²) in [6, 6.07) is 7.98. The van der Waals surface area contributed by atoms with E-state index in [9.17, 15) is 0 Å². The molecule has 2 aromatic rings. The molecule has 2 N–H and O–H groups in total. The van der Waals surface area contributed by atoms with Crippen LogP contribution in [0.2, 0.25) is 0 Å². The molecule has 0 saturated carbocycles. The van der Waals surface area contributed by atoms with Crippen molar-refractivity contribution in [3.63, 3.8) is 0 Å². The third-order valence-electron chi connectivity index (χ3n) is 2.72. The minimum absolute atomic E-state index is 0.126. The molecule has 1 aromatic carbocycles. The van der Waals surface area contributed by atoms with Crippen LogP contribution in [0.25, 0.3) is 0 Å². The van der Waals surface area contributed by atoms with Crippen molar-refractivity contribution in [2.45, 2.75) is 13.0 Å². The predicted molar refractivity (Wildman–Crippen MR) is 68.1 cm³/mol. The molecule has 16 heavy (non-hydrogen) atoms. The summed E-state index contributed by atoms with van der Waals surface area (Å²) in [5.74, 6) is 0. The van der Waals surface area contributed by atoms with Crippen molar-refractivity contribution in [3.8, 4) is 0 Å². The molecule has 1 heterocycles. The number of nitrogens with two attached hydrogens (primary N) is 1. The smallest absolute Gasteiger partial charge is 0.0723 e. The highest BCUT2D eigenvalue weighted by atomic mass is 79.9. The highest BCUT2D eigenvalue weighted by Crippen LogP contribution is 2.23. The van der Waals surface area contributed by atoms with Gasteiger partial charge < -0.3 is 5.73 Å². The van der Waals surface area contributed by atoms with E-state index in [0.717, 1.165) is 15.7 Å². The second-order valence-corrected chi connectivity index (χ2v) is 4.72. The van der Waals surface area contributed by atoms with Crippen LogP contribution in [-0.4, -0.2) is 9.78 Å². The molecule has 84 valence electrons. The van der Waals surface area contributed by atoms with Gasteiger partial charge >= 0.3 is 0 Å². The van der Waals surface area contributed by atoms with E-state index >= 15 is 0 Å². The van der Waals surface area contributed by atoms with E-state index < -0.39 is 0 Å². The predicted octanol–water partition coefficient (Wildman–Crippen LogP) is 2.54. The molecule has 0 bridgehead atoms. The van der Waals surface area contributed by atoms with Gasteiger partial charge in [0.05, 0.1) is 11.7 Å². The Labute approximate surface area is 103 Å². The monoisotopic (exact) mass is 279 g/mol. The molecule has 0 aliphatic heterocycles. The molecule has 0 amide bonds. The van der Waals surface area contributed by atoms with E-state index in [4.69, 9.17) is 5.73 Å². The molecule has 1 unspecified atom stereocenters. The Morgan fingerprint density at radius 1 is 1.38 bits per heavy atom. The summed E-state index contributed by atoms with van der Waals surface area (Å²) in [7, 11) is 1.90. The van der Waals surface area contributed by atoms with Crippen molar-refractivity contribution in [3.05, 3.63) is 51.8 Å². The molecular weight excluding hydrogens is 266 g/mol. The van der Waals surface area contributed by atoms with Gasteiger partial charge in [0.15, 0.2) is 0 Å². The lowest BCUT2D eigenvalue weighted by Crippen LogP contribution is -2.16. The highest BCUT2D eigenvalue weighted by Gasteiger charge is 2.12. The Hall–Kier alpha value is -1.13. The zero-order chi connectivity index (χ0) is 11.7. The Kier molecular flexibility index (Phi) is 3.12. The Balaban J connectivity index is 2.38. The Morgan fingerprint density at radius 3 is 2.69 bits per heavy atom. The molecule has 2 rings (SSSR count). The van der Waals surface area contributed by atoms with Crippen LogP contribution in [0.4, 0.5) is 0 Å². The van der Waals surface area contributed by atoms with Gasteiger partial charge in [-0.2, -0.15) is 5.10 Å². The summed E-state index contributed by atoms with van der Waals surface area (Å²) in [5.41, 5.74) is 9.51. The first-order valence-corrected chi connectivity index (χ1v) is 5.88. The molecule has 1 atom stereocenters. The van der Waals surface area contributed by atoms with E-state index in [-0.39, 0.29) is 6.04 Å². The fraction of sp³-hybridized carbons (Fsp3) is 0.250. The van der Waals surface area contributed by atoms with E-state index in [1.165, 1.54) is 5.56 Å². The SMILES string of the molecule is Cc1cc(C(N)c2ccnn2C)ccc1Br. The van der Waals surface area contributed by atoms with Gasteiger partial charge in [-0.15, -0.1) is 0 Å². The Bertz CT molecular complexity index is 505. The number of aryl methyl sites for hydroxylation is 2. The molecule has 0 fully saturated rings. The van der Waals surface area contributed by atoms with Crippen LogP contribution in [0, 0.1) is 6.92 Å². The minimum atomic E-state index is -0.126. The topological polar surface area (TPSA) is 43.8 Å². The molecule has 0 saturated heterocycles. The standard InChI is InChI=1S/C12H14BrN3/c1-8-7-9(3-4-10(8)13)12(14)11-5-6-15-16(11)2/h3-7,12H,14H2,1-2H3. The van der Waals surface area contributed by atoms with Gasteiger partial charge in [-0.25, -0.2) is 0 Å². The lowest BCUT2D eigenvalue weighted by atomic mass is 10.0.